The Bertz CT molecular complexity index is 1260. The molecule has 1 fully saturated rings. The maximum atomic E-state index is 5.56. The molecular formula is C23H27N7O2. The van der Waals surface area contributed by atoms with E-state index in [1.165, 1.54) is 0 Å². The van der Waals surface area contributed by atoms with Gasteiger partial charge in [0.2, 0.25) is 11.7 Å². The number of imidazole rings is 1. The number of ether oxygens (including phenoxy) is 2. The van der Waals surface area contributed by atoms with Gasteiger partial charge in [0.05, 0.1) is 13.2 Å². The molecule has 4 aromatic rings. The average molecular weight is 434 g/mol. The molecule has 0 aliphatic heterocycles. The summed E-state index contributed by atoms with van der Waals surface area (Å²) in [5, 5.41) is 8.48. The number of methoxy groups -OCH3 is 2. The van der Waals surface area contributed by atoms with Gasteiger partial charge in [-0.3, -0.25) is 0 Å². The van der Waals surface area contributed by atoms with Gasteiger partial charge in [0.1, 0.15) is 5.52 Å². The Hall–Kier alpha value is -3.46. The summed E-state index contributed by atoms with van der Waals surface area (Å²) in [7, 11) is 5.34. The van der Waals surface area contributed by atoms with Crippen molar-refractivity contribution in [3.63, 3.8) is 0 Å². The van der Waals surface area contributed by atoms with Gasteiger partial charge in [0, 0.05) is 56.6 Å². The highest BCUT2D eigenvalue weighted by Gasteiger charge is 2.27. The Morgan fingerprint density at radius 2 is 2.03 bits per heavy atom. The molecule has 32 heavy (non-hydrogen) atoms. The van der Waals surface area contributed by atoms with Crippen LogP contribution in [0.1, 0.15) is 24.8 Å². The summed E-state index contributed by atoms with van der Waals surface area (Å²) in [6, 6.07) is 4.21. The summed E-state index contributed by atoms with van der Waals surface area (Å²) >= 11 is 0. The molecular weight excluding hydrogens is 406 g/mol. The van der Waals surface area contributed by atoms with Crippen LogP contribution in [0, 0.1) is 6.92 Å². The van der Waals surface area contributed by atoms with Crippen molar-refractivity contribution in [2.24, 2.45) is 7.05 Å². The molecule has 9 nitrogen and oxygen atoms in total. The first-order valence-corrected chi connectivity index (χ1v) is 10.7. The third kappa shape index (κ3) is 3.58. The van der Waals surface area contributed by atoms with Crippen LogP contribution in [0.3, 0.4) is 0 Å². The van der Waals surface area contributed by atoms with Crippen molar-refractivity contribution < 1.29 is 9.47 Å². The molecule has 0 spiro atoms. The van der Waals surface area contributed by atoms with Gasteiger partial charge in [-0.2, -0.15) is 0 Å². The molecule has 9 heteroatoms. The van der Waals surface area contributed by atoms with Crippen LogP contribution in [0.15, 0.2) is 36.9 Å². The van der Waals surface area contributed by atoms with E-state index >= 15 is 0 Å². The van der Waals surface area contributed by atoms with Crippen LogP contribution < -0.4 is 10.1 Å². The van der Waals surface area contributed by atoms with E-state index in [-0.39, 0.29) is 6.10 Å². The quantitative estimate of drug-likeness (QED) is 0.498. The van der Waals surface area contributed by atoms with Crippen molar-refractivity contribution in [3.8, 4) is 28.7 Å². The minimum Gasteiger partial charge on any atom is -0.481 e. The molecule has 166 valence electrons. The van der Waals surface area contributed by atoms with Crippen molar-refractivity contribution in [1.82, 2.24) is 29.1 Å². The Labute approximate surface area is 186 Å². The fourth-order valence-electron chi connectivity index (χ4n) is 4.47. The minimum atomic E-state index is 0.284. The molecule has 0 unspecified atom stereocenters. The van der Waals surface area contributed by atoms with Crippen molar-refractivity contribution in [1.29, 1.82) is 0 Å². The highest BCUT2D eigenvalue weighted by Crippen LogP contribution is 2.34. The molecule has 1 aliphatic rings. The lowest BCUT2D eigenvalue weighted by Gasteiger charge is -2.16. The number of hydrogen-bond donors (Lipinski definition) is 1. The SMILES string of the molecule is COc1cc(-c2cn3nc(-c4nccn4C)nc(N[C@@H]4CC[C@@H](OC)C4)c3c2C)ccn1. The molecule has 4 heterocycles. The molecule has 1 saturated carbocycles. The fraction of sp³-hybridized carbons (Fsp3) is 0.391. The Morgan fingerprint density at radius 1 is 1.16 bits per heavy atom. The molecule has 0 amide bonds. The highest BCUT2D eigenvalue weighted by molar-refractivity contribution is 5.83. The van der Waals surface area contributed by atoms with Crippen LogP contribution in [-0.4, -0.2) is 55.5 Å². The van der Waals surface area contributed by atoms with Crippen molar-refractivity contribution in [2.45, 2.75) is 38.3 Å². The van der Waals surface area contributed by atoms with Crippen molar-refractivity contribution >= 4 is 11.3 Å². The minimum absolute atomic E-state index is 0.284. The normalized spacial score (nSPS) is 18.4. The number of hydrogen-bond acceptors (Lipinski definition) is 7. The highest BCUT2D eigenvalue weighted by atomic mass is 16.5. The van der Waals surface area contributed by atoms with Gasteiger partial charge in [0.25, 0.3) is 0 Å². The number of anilines is 1. The third-order valence-electron chi connectivity index (χ3n) is 6.22. The molecule has 0 aromatic carbocycles. The molecule has 0 radical (unpaired) electrons. The molecule has 5 rings (SSSR count). The number of aromatic nitrogens is 6. The Balaban J connectivity index is 1.65. The predicted molar refractivity (Wildman–Crippen MR) is 122 cm³/mol. The fourth-order valence-corrected chi connectivity index (χ4v) is 4.47. The topological polar surface area (TPSA) is 91.4 Å². The summed E-state index contributed by atoms with van der Waals surface area (Å²) in [6.07, 6.45) is 10.8. The first-order valence-electron chi connectivity index (χ1n) is 10.7. The lowest BCUT2D eigenvalue weighted by molar-refractivity contribution is 0.108. The van der Waals surface area contributed by atoms with E-state index in [1.807, 2.05) is 40.7 Å². The van der Waals surface area contributed by atoms with Gasteiger partial charge in [-0.05, 0) is 43.4 Å². The molecule has 0 bridgehead atoms. The molecule has 0 saturated heterocycles. The van der Waals surface area contributed by atoms with Crippen molar-refractivity contribution in [2.75, 3.05) is 19.5 Å². The van der Waals surface area contributed by atoms with E-state index < -0.39 is 0 Å². The first-order chi connectivity index (χ1) is 15.6. The standard InChI is InChI=1S/C23H27N7O2/c1-14-18(15-7-8-24-19(11-15)32-4)13-30-20(14)21(26-16-5-6-17(12-16)31-3)27-22(28-30)23-25-9-10-29(23)2/h7-11,13,16-17H,5-6,12H2,1-4H3,(H,26,27,28)/t16-,17-/m1/s1. The predicted octanol–water partition coefficient (Wildman–Crippen LogP) is 3.49. The van der Waals surface area contributed by atoms with Crippen LogP contribution in [0.5, 0.6) is 5.88 Å². The second kappa shape index (κ2) is 8.23. The zero-order valence-corrected chi connectivity index (χ0v) is 18.7. The Morgan fingerprint density at radius 3 is 2.75 bits per heavy atom. The molecule has 1 aliphatic carbocycles. The van der Waals surface area contributed by atoms with E-state index in [4.69, 9.17) is 19.6 Å². The average Bonchev–Trinajstić information content (AvgIpc) is 3.52. The van der Waals surface area contributed by atoms with Gasteiger partial charge >= 0.3 is 0 Å². The van der Waals surface area contributed by atoms with Crippen LogP contribution in [0.25, 0.3) is 28.3 Å². The van der Waals surface area contributed by atoms with Gasteiger partial charge < -0.3 is 19.4 Å². The largest absolute Gasteiger partial charge is 0.481 e. The maximum Gasteiger partial charge on any atom is 0.218 e. The van der Waals surface area contributed by atoms with Crippen molar-refractivity contribution in [3.05, 3.63) is 42.5 Å². The van der Waals surface area contributed by atoms with E-state index in [9.17, 15) is 0 Å². The van der Waals surface area contributed by atoms with E-state index in [0.29, 0.717) is 17.7 Å². The van der Waals surface area contributed by atoms with E-state index in [2.05, 4.69) is 22.2 Å². The summed E-state index contributed by atoms with van der Waals surface area (Å²) in [5.41, 5.74) is 4.12. The van der Waals surface area contributed by atoms with E-state index in [0.717, 1.165) is 53.1 Å². The molecule has 2 atom stereocenters. The summed E-state index contributed by atoms with van der Waals surface area (Å²) < 4.78 is 14.7. The Kier molecular flexibility index (Phi) is 5.26. The van der Waals surface area contributed by atoms with Gasteiger partial charge in [0.15, 0.2) is 11.6 Å². The first kappa shape index (κ1) is 20.4. The lowest BCUT2D eigenvalue weighted by Crippen LogP contribution is -2.19. The lowest BCUT2D eigenvalue weighted by atomic mass is 10.1. The molecule has 1 N–H and O–H groups in total. The number of nitrogens with one attached hydrogen (secondary N) is 1. The number of rotatable bonds is 6. The second-order valence-electron chi connectivity index (χ2n) is 8.21. The zero-order chi connectivity index (χ0) is 22.2. The second-order valence-corrected chi connectivity index (χ2v) is 8.21. The van der Waals surface area contributed by atoms with Gasteiger partial charge in [-0.25, -0.2) is 19.5 Å². The van der Waals surface area contributed by atoms with Gasteiger partial charge in [-0.15, -0.1) is 5.10 Å². The molecule has 4 aromatic heterocycles. The number of nitrogens with zero attached hydrogens (tertiary/aromatic N) is 6. The summed E-state index contributed by atoms with van der Waals surface area (Å²) in [5.74, 6) is 2.67. The van der Waals surface area contributed by atoms with Crippen LogP contribution in [-0.2, 0) is 11.8 Å². The zero-order valence-electron chi connectivity index (χ0n) is 18.7. The van der Waals surface area contributed by atoms with E-state index in [1.54, 1.807) is 26.6 Å². The summed E-state index contributed by atoms with van der Waals surface area (Å²) in [6.45, 7) is 2.10. The number of aryl methyl sites for hydroxylation is 2. The maximum absolute atomic E-state index is 5.56. The monoisotopic (exact) mass is 433 g/mol. The van der Waals surface area contributed by atoms with Crippen LogP contribution >= 0.6 is 0 Å². The third-order valence-corrected chi connectivity index (χ3v) is 6.22. The smallest absolute Gasteiger partial charge is 0.218 e. The number of pyridine rings is 1. The van der Waals surface area contributed by atoms with Crippen LogP contribution in [0.2, 0.25) is 0 Å². The van der Waals surface area contributed by atoms with Gasteiger partial charge in [-0.1, -0.05) is 0 Å². The van der Waals surface area contributed by atoms with Crippen LogP contribution in [0.4, 0.5) is 5.82 Å². The number of fused-ring (bicyclic) bond motifs is 1. The summed E-state index contributed by atoms with van der Waals surface area (Å²) in [4.78, 5) is 13.6.